The number of hydrogen-bond acceptors (Lipinski definition) is 3. The van der Waals surface area contributed by atoms with Gasteiger partial charge >= 0.3 is 6.18 Å². The van der Waals surface area contributed by atoms with Gasteiger partial charge in [0.2, 0.25) is 0 Å². The van der Waals surface area contributed by atoms with E-state index in [1.807, 2.05) is 6.92 Å². The maximum Gasteiger partial charge on any atom is 0.405 e. The van der Waals surface area contributed by atoms with Crippen LogP contribution in [0.3, 0.4) is 0 Å². The molecule has 1 atom stereocenters. The van der Waals surface area contributed by atoms with Crippen molar-refractivity contribution in [1.29, 1.82) is 5.26 Å². The van der Waals surface area contributed by atoms with E-state index in [4.69, 9.17) is 5.26 Å². The van der Waals surface area contributed by atoms with E-state index in [0.29, 0.717) is 13.1 Å². The van der Waals surface area contributed by atoms with Gasteiger partial charge in [-0.2, -0.15) is 18.4 Å². The molecule has 0 spiro atoms. The van der Waals surface area contributed by atoms with Gasteiger partial charge in [0.05, 0.1) is 6.07 Å². The lowest BCUT2D eigenvalue weighted by atomic mass is 10.1. The van der Waals surface area contributed by atoms with E-state index in [-0.39, 0.29) is 6.54 Å². The van der Waals surface area contributed by atoms with Crippen LogP contribution >= 0.6 is 0 Å². The number of rotatable bonds is 8. The van der Waals surface area contributed by atoms with Crippen LogP contribution in [0.15, 0.2) is 0 Å². The third-order valence-corrected chi connectivity index (χ3v) is 2.49. The average molecular weight is 251 g/mol. The number of hydrogen-bond donors (Lipinski definition) is 1. The molecular weight excluding hydrogens is 231 g/mol. The van der Waals surface area contributed by atoms with Gasteiger partial charge < -0.3 is 10.2 Å². The van der Waals surface area contributed by atoms with Gasteiger partial charge in [0.15, 0.2) is 5.92 Å². The summed E-state index contributed by atoms with van der Waals surface area (Å²) in [4.78, 5) is 2.15. The van der Waals surface area contributed by atoms with Crippen molar-refractivity contribution in [2.24, 2.45) is 5.92 Å². The van der Waals surface area contributed by atoms with Crippen LogP contribution in [0.5, 0.6) is 0 Å². The minimum absolute atomic E-state index is 0.330. The molecule has 17 heavy (non-hydrogen) atoms. The Morgan fingerprint density at radius 3 is 2.35 bits per heavy atom. The Bertz CT molecular complexity index is 235. The molecule has 3 nitrogen and oxygen atoms in total. The molecule has 0 bridgehead atoms. The van der Waals surface area contributed by atoms with Crippen LogP contribution in [0.1, 0.15) is 20.3 Å². The lowest BCUT2D eigenvalue weighted by molar-refractivity contribution is -0.157. The van der Waals surface area contributed by atoms with E-state index in [1.54, 1.807) is 0 Å². The predicted molar refractivity (Wildman–Crippen MR) is 60.4 cm³/mol. The Morgan fingerprint density at radius 2 is 1.94 bits per heavy atom. The Morgan fingerprint density at radius 1 is 1.29 bits per heavy atom. The molecular formula is C11H20F3N3. The monoisotopic (exact) mass is 251 g/mol. The molecule has 0 saturated heterocycles. The number of alkyl halides is 3. The Kier molecular flexibility index (Phi) is 7.92. The van der Waals surface area contributed by atoms with Gasteiger partial charge in [-0.15, -0.1) is 0 Å². The van der Waals surface area contributed by atoms with Gasteiger partial charge in [-0.25, -0.2) is 0 Å². The molecule has 0 amide bonds. The zero-order valence-electron chi connectivity index (χ0n) is 10.3. The predicted octanol–water partition coefficient (Wildman–Crippen LogP) is 2.01. The van der Waals surface area contributed by atoms with Crippen LogP contribution in [0.2, 0.25) is 0 Å². The number of halogens is 3. The van der Waals surface area contributed by atoms with Gasteiger partial charge in [0, 0.05) is 19.6 Å². The highest BCUT2D eigenvalue weighted by molar-refractivity contribution is 4.89. The lowest BCUT2D eigenvalue weighted by Gasteiger charge is -2.20. The van der Waals surface area contributed by atoms with E-state index in [2.05, 4.69) is 17.1 Å². The maximum absolute atomic E-state index is 12.2. The second-order valence-electron chi connectivity index (χ2n) is 3.86. The fraction of sp³-hybridized carbons (Fsp3) is 0.909. The van der Waals surface area contributed by atoms with Crippen molar-refractivity contribution < 1.29 is 13.2 Å². The van der Waals surface area contributed by atoms with Crippen molar-refractivity contribution in [3.63, 3.8) is 0 Å². The molecule has 0 aromatic rings. The first-order chi connectivity index (χ1) is 7.95. The fourth-order valence-corrected chi connectivity index (χ4v) is 1.46. The van der Waals surface area contributed by atoms with Crippen LogP contribution in [0.25, 0.3) is 0 Å². The normalized spacial score (nSPS) is 13.7. The summed E-state index contributed by atoms with van der Waals surface area (Å²) in [5, 5.41) is 11.1. The van der Waals surface area contributed by atoms with E-state index < -0.39 is 12.1 Å². The zero-order valence-corrected chi connectivity index (χ0v) is 10.3. The van der Waals surface area contributed by atoms with Gasteiger partial charge in [-0.1, -0.05) is 13.8 Å². The minimum atomic E-state index is -4.43. The van der Waals surface area contributed by atoms with Gasteiger partial charge in [0.25, 0.3) is 0 Å². The van der Waals surface area contributed by atoms with Crippen LogP contribution in [0, 0.1) is 17.2 Å². The quantitative estimate of drug-likeness (QED) is 0.671. The molecule has 0 aromatic carbocycles. The number of likely N-dealkylation sites (N-methyl/N-ethyl adjacent to an activating group) is 1. The maximum atomic E-state index is 12.2. The zero-order chi connectivity index (χ0) is 13.3. The Hall–Kier alpha value is -0.800. The number of nitrogens with zero attached hydrogens (tertiary/aromatic N) is 2. The van der Waals surface area contributed by atoms with Crippen molar-refractivity contribution in [1.82, 2.24) is 10.2 Å². The SMILES string of the molecule is CCCN(CC)CCNCC(C#N)C(F)(F)F. The first-order valence-corrected chi connectivity index (χ1v) is 5.85. The largest absolute Gasteiger partial charge is 0.405 e. The molecule has 0 aliphatic rings. The van der Waals surface area contributed by atoms with Crippen LogP contribution in [-0.4, -0.2) is 43.8 Å². The highest BCUT2D eigenvalue weighted by atomic mass is 19.4. The highest BCUT2D eigenvalue weighted by Gasteiger charge is 2.39. The number of nitrogens with one attached hydrogen (secondary N) is 1. The third kappa shape index (κ3) is 7.18. The standard InChI is InChI=1S/C11H20F3N3/c1-3-6-17(4-2)7-5-16-9-10(8-15)11(12,13)14/h10,16H,3-7,9H2,1-2H3. The Labute approximate surface area is 101 Å². The first kappa shape index (κ1) is 16.2. The molecule has 0 rings (SSSR count). The summed E-state index contributed by atoms with van der Waals surface area (Å²) in [5.74, 6) is -1.91. The van der Waals surface area contributed by atoms with Crippen LogP contribution < -0.4 is 5.32 Å². The minimum Gasteiger partial charge on any atom is -0.314 e. The molecule has 0 aliphatic heterocycles. The van der Waals surface area contributed by atoms with E-state index in [0.717, 1.165) is 19.5 Å². The second-order valence-corrected chi connectivity index (χ2v) is 3.86. The summed E-state index contributed by atoms with van der Waals surface area (Å²) in [6.07, 6.45) is -3.41. The second kappa shape index (κ2) is 8.31. The van der Waals surface area contributed by atoms with Crippen molar-refractivity contribution in [3.05, 3.63) is 0 Å². The topological polar surface area (TPSA) is 39.1 Å². The summed E-state index contributed by atoms with van der Waals surface area (Å²) in [5.41, 5.74) is 0. The lowest BCUT2D eigenvalue weighted by Crippen LogP contribution is -2.37. The van der Waals surface area contributed by atoms with E-state index >= 15 is 0 Å². The van der Waals surface area contributed by atoms with Crippen molar-refractivity contribution in [2.75, 3.05) is 32.7 Å². The summed E-state index contributed by atoms with van der Waals surface area (Å²) in [7, 11) is 0. The summed E-state index contributed by atoms with van der Waals surface area (Å²) >= 11 is 0. The van der Waals surface area contributed by atoms with Crippen LogP contribution in [0.4, 0.5) is 13.2 Å². The molecule has 6 heteroatoms. The molecule has 0 aliphatic carbocycles. The Balaban J connectivity index is 3.80. The van der Waals surface area contributed by atoms with E-state index in [9.17, 15) is 13.2 Å². The molecule has 0 aromatic heterocycles. The molecule has 1 unspecified atom stereocenters. The molecule has 1 N–H and O–H groups in total. The first-order valence-electron chi connectivity index (χ1n) is 5.85. The molecule has 0 heterocycles. The molecule has 100 valence electrons. The summed E-state index contributed by atoms with van der Waals surface area (Å²) in [6, 6.07) is 1.27. The van der Waals surface area contributed by atoms with Crippen LogP contribution in [-0.2, 0) is 0 Å². The molecule has 0 radical (unpaired) electrons. The van der Waals surface area contributed by atoms with Crippen molar-refractivity contribution >= 4 is 0 Å². The van der Waals surface area contributed by atoms with Crippen molar-refractivity contribution in [3.8, 4) is 6.07 Å². The van der Waals surface area contributed by atoms with Crippen molar-refractivity contribution in [2.45, 2.75) is 26.4 Å². The average Bonchev–Trinajstić information content (AvgIpc) is 2.25. The third-order valence-electron chi connectivity index (χ3n) is 2.49. The smallest absolute Gasteiger partial charge is 0.314 e. The summed E-state index contributed by atoms with van der Waals surface area (Å²) < 4.78 is 36.7. The molecule has 0 fully saturated rings. The van der Waals surface area contributed by atoms with Gasteiger partial charge in [-0.05, 0) is 19.5 Å². The summed E-state index contributed by atoms with van der Waals surface area (Å²) in [6.45, 7) is 6.76. The fourth-order valence-electron chi connectivity index (χ4n) is 1.46. The highest BCUT2D eigenvalue weighted by Crippen LogP contribution is 2.24. The molecule has 0 saturated carbocycles. The van der Waals surface area contributed by atoms with E-state index in [1.165, 1.54) is 6.07 Å². The van der Waals surface area contributed by atoms with Gasteiger partial charge in [-0.3, -0.25) is 0 Å². The number of nitriles is 1. The van der Waals surface area contributed by atoms with Gasteiger partial charge in [0.1, 0.15) is 0 Å².